The number of halogens is 2. The van der Waals surface area contributed by atoms with Crippen molar-refractivity contribution < 1.29 is 18.3 Å². The lowest BCUT2D eigenvalue weighted by Crippen LogP contribution is -2.08. The molecule has 2 aromatic heterocycles. The molecule has 0 radical (unpaired) electrons. The molecule has 8 heteroatoms. The summed E-state index contributed by atoms with van der Waals surface area (Å²) in [5.74, 6) is -2.42. The number of benzene rings is 1. The minimum atomic E-state index is -0.828. The zero-order valence-electron chi connectivity index (χ0n) is 11.9. The Morgan fingerprint density at radius 1 is 1.41 bits per heavy atom. The molecular formula is C14H12F2N4O2. The summed E-state index contributed by atoms with van der Waals surface area (Å²) in [6.07, 6.45) is 1.62. The lowest BCUT2D eigenvalue weighted by molar-refractivity contribution is 0.0520. The number of ether oxygens (including phenoxy) is 1. The molecule has 0 amide bonds. The number of nitrogens with one attached hydrogen (secondary N) is 1. The van der Waals surface area contributed by atoms with E-state index in [1.54, 1.807) is 24.7 Å². The average Bonchev–Trinajstić information content (AvgIpc) is 3.07. The highest BCUT2D eigenvalue weighted by molar-refractivity contribution is 5.96. The van der Waals surface area contributed by atoms with Gasteiger partial charge in [-0.3, -0.25) is 0 Å². The molecule has 0 saturated carbocycles. The number of hydrogen-bond donors (Lipinski definition) is 1. The third kappa shape index (κ3) is 2.03. The predicted molar refractivity (Wildman–Crippen MR) is 74.2 cm³/mol. The van der Waals surface area contributed by atoms with Crippen molar-refractivity contribution in [3.63, 3.8) is 0 Å². The largest absolute Gasteiger partial charge is 0.461 e. The molecular weight excluding hydrogens is 294 g/mol. The fraction of sp³-hybridized carbons (Fsp3) is 0.214. The van der Waals surface area contributed by atoms with Gasteiger partial charge in [-0.05, 0) is 19.1 Å². The molecule has 1 N–H and O–H groups in total. The van der Waals surface area contributed by atoms with Crippen molar-refractivity contribution in [2.45, 2.75) is 6.92 Å². The number of esters is 1. The summed E-state index contributed by atoms with van der Waals surface area (Å²) in [4.78, 5) is 11.8. The first-order valence-electron chi connectivity index (χ1n) is 6.55. The molecule has 22 heavy (non-hydrogen) atoms. The van der Waals surface area contributed by atoms with Gasteiger partial charge in [0.15, 0.2) is 5.69 Å². The molecule has 0 atom stereocenters. The number of fused-ring (bicyclic) bond motifs is 1. The monoisotopic (exact) mass is 306 g/mol. The van der Waals surface area contributed by atoms with Crippen molar-refractivity contribution in [3.05, 3.63) is 35.7 Å². The Hall–Kier alpha value is -2.77. The van der Waals surface area contributed by atoms with Crippen LogP contribution in [0.15, 0.2) is 18.3 Å². The van der Waals surface area contributed by atoms with Gasteiger partial charge in [-0.2, -0.15) is 10.3 Å². The van der Waals surface area contributed by atoms with Crippen LogP contribution < -0.4 is 0 Å². The number of H-pyrrole nitrogens is 1. The van der Waals surface area contributed by atoms with E-state index in [9.17, 15) is 13.6 Å². The number of hydrogen-bond acceptors (Lipinski definition) is 4. The van der Waals surface area contributed by atoms with Crippen molar-refractivity contribution >= 4 is 16.9 Å². The minimum absolute atomic E-state index is 0.119. The molecule has 0 unspecified atom stereocenters. The SMILES string of the molecule is CCOC(=O)c1n[nH]nc1-c1c(F)cc2c(ccn2C)c1F. The second kappa shape index (κ2) is 5.21. The Morgan fingerprint density at radius 3 is 2.91 bits per heavy atom. The standard InChI is InChI=1S/C14H12F2N4O2/c1-3-22-14(21)13-12(17-19-18-13)10-8(15)6-9-7(11(10)16)4-5-20(9)2/h4-6H,3H2,1-2H3,(H,17,18,19). The molecule has 1 aromatic carbocycles. The predicted octanol–water partition coefficient (Wildman–Crippen LogP) is 2.42. The van der Waals surface area contributed by atoms with Crippen LogP contribution in [0.25, 0.3) is 22.2 Å². The van der Waals surface area contributed by atoms with E-state index in [0.717, 1.165) is 0 Å². The van der Waals surface area contributed by atoms with Gasteiger partial charge >= 0.3 is 5.97 Å². The molecule has 3 rings (SSSR count). The Bertz CT molecular complexity index is 869. The Morgan fingerprint density at radius 2 is 2.18 bits per heavy atom. The molecule has 114 valence electrons. The van der Waals surface area contributed by atoms with Gasteiger partial charge < -0.3 is 9.30 Å². The second-order valence-electron chi connectivity index (χ2n) is 4.65. The van der Waals surface area contributed by atoms with Crippen LogP contribution in [0.2, 0.25) is 0 Å². The van der Waals surface area contributed by atoms with Crippen molar-refractivity contribution in [2.24, 2.45) is 7.05 Å². The Balaban J connectivity index is 2.23. The van der Waals surface area contributed by atoms with E-state index in [0.29, 0.717) is 5.52 Å². The molecule has 0 aliphatic carbocycles. The minimum Gasteiger partial charge on any atom is -0.461 e. The lowest BCUT2D eigenvalue weighted by atomic mass is 10.1. The van der Waals surface area contributed by atoms with Gasteiger partial charge in [0.25, 0.3) is 0 Å². The summed E-state index contributed by atoms with van der Waals surface area (Å²) in [6.45, 7) is 1.74. The molecule has 0 spiro atoms. The lowest BCUT2D eigenvalue weighted by Gasteiger charge is -2.06. The van der Waals surface area contributed by atoms with Crippen LogP contribution in [0.3, 0.4) is 0 Å². The first-order chi connectivity index (χ1) is 10.5. The molecule has 3 aromatic rings. The number of carbonyl (C=O) groups excluding carboxylic acids is 1. The number of aromatic nitrogens is 4. The number of rotatable bonds is 3. The van der Waals surface area contributed by atoms with Crippen LogP contribution in [0.5, 0.6) is 0 Å². The van der Waals surface area contributed by atoms with Crippen molar-refractivity contribution in [1.82, 2.24) is 20.0 Å². The molecule has 0 aliphatic heterocycles. The molecule has 0 aliphatic rings. The van der Waals surface area contributed by atoms with Crippen LogP contribution in [-0.4, -0.2) is 32.6 Å². The first kappa shape index (κ1) is 14.2. The first-order valence-corrected chi connectivity index (χ1v) is 6.55. The summed E-state index contributed by atoms with van der Waals surface area (Å²) >= 11 is 0. The third-order valence-corrected chi connectivity index (χ3v) is 3.33. The average molecular weight is 306 g/mol. The summed E-state index contributed by atoms with van der Waals surface area (Å²) in [5, 5.41) is 9.77. The van der Waals surface area contributed by atoms with Crippen LogP contribution in [-0.2, 0) is 11.8 Å². The molecule has 2 heterocycles. The quantitative estimate of drug-likeness (QED) is 0.754. The van der Waals surface area contributed by atoms with Crippen LogP contribution in [0.4, 0.5) is 8.78 Å². The van der Waals surface area contributed by atoms with Gasteiger partial charge in [-0.15, -0.1) is 5.10 Å². The number of aryl methyl sites for hydroxylation is 1. The summed E-state index contributed by atoms with van der Waals surface area (Å²) < 4.78 is 35.4. The van der Waals surface area contributed by atoms with E-state index in [4.69, 9.17) is 4.74 Å². The number of nitrogens with zero attached hydrogens (tertiary/aromatic N) is 3. The molecule has 0 saturated heterocycles. The van der Waals surface area contributed by atoms with Gasteiger partial charge in [-0.25, -0.2) is 13.6 Å². The van der Waals surface area contributed by atoms with Gasteiger partial charge in [-0.1, -0.05) is 0 Å². The van der Waals surface area contributed by atoms with Crippen LogP contribution in [0, 0.1) is 11.6 Å². The third-order valence-electron chi connectivity index (χ3n) is 3.33. The van der Waals surface area contributed by atoms with Gasteiger partial charge in [0.05, 0.1) is 17.7 Å². The van der Waals surface area contributed by atoms with E-state index in [1.807, 2.05) is 0 Å². The maximum Gasteiger partial charge on any atom is 0.361 e. The topological polar surface area (TPSA) is 72.8 Å². The van der Waals surface area contributed by atoms with Crippen LogP contribution in [0.1, 0.15) is 17.4 Å². The Kier molecular flexibility index (Phi) is 3.36. The summed E-state index contributed by atoms with van der Waals surface area (Å²) in [7, 11) is 1.68. The maximum absolute atomic E-state index is 14.6. The smallest absolute Gasteiger partial charge is 0.361 e. The number of carbonyl (C=O) groups is 1. The van der Waals surface area contributed by atoms with Gasteiger partial charge in [0, 0.05) is 18.6 Å². The highest BCUT2D eigenvalue weighted by atomic mass is 19.1. The maximum atomic E-state index is 14.6. The van der Waals surface area contributed by atoms with E-state index >= 15 is 0 Å². The fourth-order valence-corrected chi connectivity index (χ4v) is 2.30. The molecule has 0 bridgehead atoms. The zero-order chi connectivity index (χ0) is 15.9. The fourth-order valence-electron chi connectivity index (χ4n) is 2.30. The Labute approximate surface area is 123 Å². The van der Waals surface area contributed by atoms with Crippen molar-refractivity contribution in [3.8, 4) is 11.3 Å². The molecule has 0 fully saturated rings. The summed E-state index contributed by atoms with van der Waals surface area (Å²) in [5.41, 5.74) is -0.468. The van der Waals surface area contributed by atoms with E-state index in [-0.39, 0.29) is 23.4 Å². The summed E-state index contributed by atoms with van der Waals surface area (Å²) in [6, 6.07) is 2.72. The van der Waals surface area contributed by atoms with Gasteiger partial charge in [0.1, 0.15) is 17.3 Å². The second-order valence-corrected chi connectivity index (χ2v) is 4.65. The highest BCUT2D eigenvalue weighted by Gasteiger charge is 2.26. The van der Waals surface area contributed by atoms with Crippen molar-refractivity contribution in [1.29, 1.82) is 0 Å². The van der Waals surface area contributed by atoms with Crippen molar-refractivity contribution in [2.75, 3.05) is 6.61 Å². The van der Waals surface area contributed by atoms with E-state index in [1.165, 1.54) is 12.1 Å². The van der Waals surface area contributed by atoms with Crippen LogP contribution >= 0.6 is 0 Å². The molecule has 6 nitrogen and oxygen atoms in total. The van der Waals surface area contributed by atoms with E-state index < -0.39 is 23.2 Å². The number of aromatic amines is 1. The normalized spacial score (nSPS) is 11.1. The van der Waals surface area contributed by atoms with Gasteiger partial charge in [0.2, 0.25) is 0 Å². The van der Waals surface area contributed by atoms with E-state index in [2.05, 4.69) is 15.4 Å². The highest BCUT2D eigenvalue weighted by Crippen LogP contribution is 2.32. The zero-order valence-corrected chi connectivity index (χ0v) is 11.9.